The molecule has 0 radical (unpaired) electrons. The predicted molar refractivity (Wildman–Crippen MR) is 88.9 cm³/mol. The average Bonchev–Trinajstić information content (AvgIpc) is 2.40. The van der Waals surface area contributed by atoms with Crippen molar-refractivity contribution in [2.75, 3.05) is 19.6 Å². The minimum absolute atomic E-state index is 0.0640. The number of benzene rings is 1. The van der Waals surface area contributed by atoms with Crippen molar-refractivity contribution in [2.24, 2.45) is 0 Å². The molecule has 0 saturated carbocycles. The van der Waals surface area contributed by atoms with Crippen LogP contribution in [0, 0.1) is 3.57 Å². The molecule has 1 rings (SSSR count). The molecule has 0 spiro atoms. The van der Waals surface area contributed by atoms with Gasteiger partial charge < -0.3 is 5.32 Å². The minimum Gasteiger partial charge on any atom is -0.350 e. The van der Waals surface area contributed by atoms with Gasteiger partial charge in [0.05, 0.1) is 5.56 Å². The molecule has 3 nitrogen and oxygen atoms in total. The van der Waals surface area contributed by atoms with Crippen molar-refractivity contribution in [3.8, 4) is 0 Å². The molecule has 1 atom stereocenters. The van der Waals surface area contributed by atoms with Gasteiger partial charge in [0.2, 0.25) is 0 Å². The molecule has 0 fully saturated rings. The van der Waals surface area contributed by atoms with E-state index in [9.17, 15) is 4.79 Å². The fourth-order valence-electron chi connectivity index (χ4n) is 1.98. The van der Waals surface area contributed by atoms with E-state index >= 15 is 0 Å². The van der Waals surface area contributed by atoms with Crippen LogP contribution in [0.3, 0.4) is 0 Å². The number of carbonyl (C=O) groups is 1. The summed E-state index contributed by atoms with van der Waals surface area (Å²) >= 11 is 8.07. The zero-order valence-electron chi connectivity index (χ0n) is 11.5. The van der Waals surface area contributed by atoms with E-state index in [2.05, 4.69) is 53.6 Å². The predicted octanol–water partition coefficient (Wildman–Crippen LogP) is 3.40. The number of halogens is 2. The lowest BCUT2D eigenvalue weighted by Gasteiger charge is -2.26. The fourth-order valence-corrected chi connectivity index (χ4v) is 2.74. The monoisotopic (exact) mass is 394 g/mol. The van der Waals surface area contributed by atoms with Crippen LogP contribution in [0.2, 0.25) is 5.02 Å². The van der Waals surface area contributed by atoms with Crippen LogP contribution < -0.4 is 5.32 Å². The summed E-state index contributed by atoms with van der Waals surface area (Å²) in [5.74, 6) is -0.0640. The minimum atomic E-state index is -0.0640. The van der Waals surface area contributed by atoms with Gasteiger partial charge in [-0.05, 0) is 60.8 Å². The highest BCUT2D eigenvalue weighted by Gasteiger charge is 2.14. The summed E-state index contributed by atoms with van der Waals surface area (Å²) in [6, 6.07) is 5.68. The summed E-state index contributed by atoms with van der Waals surface area (Å²) in [6.45, 7) is 8.99. The van der Waals surface area contributed by atoms with Crippen LogP contribution in [-0.2, 0) is 0 Å². The van der Waals surface area contributed by atoms with Crippen LogP contribution in [0.15, 0.2) is 18.2 Å². The smallest absolute Gasteiger partial charge is 0.252 e. The van der Waals surface area contributed by atoms with Crippen molar-refractivity contribution in [2.45, 2.75) is 26.8 Å². The maximum absolute atomic E-state index is 12.1. The van der Waals surface area contributed by atoms with Crippen LogP contribution in [0.4, 0.5) is 0 Å². The Hall–Kier alpha value is -0.330. The van der Waals surface area contributed by atoms with Crippen LogP contribution in [0.25, 0.3) is 0 Å². The lowest BCUT2D eigenvalue weighted by atomic mass is 10.2. The van der Waals surface area contributed by atoms with Crippen LogP contribution in [0.5, 0.6) is 0 Å². The van der Waals surface area contributed by atoms with Gasteiger partial charge in [-0.3, -0.25) is 9.69 Å². The number of hydrogen-bond donors (Lipinski definition) is 1. The first-order valence-corrected chi connectivity index (χ1v) is 7.92. The molecular weight excluding hydrogens is 375 g/mol. The van der Waals surface area contributed by atoms with E-state index in [-0.39, 0.29) is 5.91 Å². The fraction of sp³-hybridized carbons (Fsp3) is 0.500. The normalized spacial score (nSPS) is 12.5. The third kappa shape index (κ3) is 4.93. The van der Waals surface area contributed by atoms with Gasteiger partial charge in [0.15, 0.2) is 0 Å². The Balaban J connectivity index is 2.63. The Kier molecular flexibility index (Phi) is 7.10. The molecule has 1 aromatic rings. The maximum atomic E-state index is 12.1. The van der Waals surface area contributed by atoms with Crippen LogP contribution in [-0.4, -0.2) is 36.5 Å². The number of rotatable bonds is 6. The molecule has 0 aromatic heterocycles. The molecule has 0 saturated heterocycles. The zero-order chi connectivity index (χ0) is 14.4. The summed E-state index contributed by atoms with van der Waals surface area (Å²) in [7, 11) is 0. The molecule has 5 heteroatoms. The van der Waals surface area contributed by atoms with E-state index in [1.807, 2.05) is 6.07 Å². The van der Waals surface area contributed by atoms with Crippen molar-refractivity contribution >= 4 is 40.1 Å². The van der Waals surface area contributed by atoms with E-state index in [0.717, 1.165) is 16.7 Å². The molecule has 19 heavy (non-hydrogen) atoms. The van der Waals surface area contributed by atoms with Gasteiger partial charge in [-0.2, -0.15) is 0 Å². The van der Waals surface area contributed by atoms with Gasteiger partial charge in [-0.25, -0.2) is 0 Å². The highest BCUT2D eigenvalue weighted by molar-refractivity contribution is 14.1. The van der Waals surface area contributed by atoms with Gasteiger partial charge in [0, 0.05) is 21.2 Å². The standard InChI is InChI=1S/C14H20ClIN2O/c1-4-18(5-2)10(3)9-17-14(19)12-8-11(15)6-7-13(12)16/h6-8,10H,4-5,9H2,1-3H3,(H,17,19)/t10-/m0/s1. The summed E-state index contributed by atoms with van der Waals surface area (Å²) in [5, 5.41) is 3.56. The van der Waals surface area contributed by atoms with E-state index in [1.54, 1.807) is 12.1 Å². The number of likely N-dealkylation sites (N-methyl/N-ethyl adjacent to an activating group) is 1. The number of carbonyl (C=O) groups excluding carboxylic acids is 1. The first kappa shape index (κ1) is 16.7. The molecule has 0 unspecified atom stereocenters. The Morgan fingerprint density at radius 1 is 1.42 bits per heavy atom. The molecular formula is C14H20ClIN2O. The van der Waals surface area contributed by atoms with Crippen molar-refractivity contribution < 1.29 is 4.79 Å². The average molecular weight is 395 g/mol. The Labute approximate surface area is 133 Å². The van der Waals surface area contributed by atoms with E-state index in [4.69, 9.17) is 11.6 Å². The number of hydrogen-bond acceptors (Lipinski definition) is 2. The van der Waals surface area contributed by atoms with E-state index in [0.29, 0.717) is 23.2 Å². The maximum Gasteiger partial charge on any atom is 0.252 e. The van der Waals surface area contributed by atoms with Crippen molar-refractivity contribution in [3.05, 3.63) is 32.4 Å². The van der Waals surface area contributed by atoms with E-state index in [1.165, 1.54) is 0 Å². The molecule has 0 aliphatic rings. The topological polar surface area (TPSA) is 32.3 Å². The molecule has 0 aliphatic carbocycles. The molecule has 0 heterocycles. The number of nitrogens with zero attached hydrogens (tertiary/aromatic N) is 1. The first-order valence-electron chi connectivity index (χ1n) is 6.46. The second-order valence-corrected chi connectivity index (χ2v) is 6.00. The van der Waals surface area contributed by atoms with E-state index < -0.39 is 0 Å². The summed E-state index contributed by atoms with van der Waals surface area (Å²) in [5.41, 5.74) is 0.639. The number of nitrogens with one attached hydrogen (secondary N) is 1. The Morgan fingerprint density at radius 3 is 2.63 bits per heavy atom. The van der Waals surface area contributed by atoms with Crippen molar-refractivity contribution in [1.29, 1.82) is 0 Å². The van der Waals surface area contributed by atoms with Gasteiger partial charge in [0.1, 0.15) is 0 Å². The van der Waals surface area contributed by atoms with Gasteiger partial charge in [-0.15, -0.1) is 0 Å². The largest absolute Gasteiger partial charge is 0.350 e. The quantitative estimate of drug-likeness (QED) is 0.750. The molecule has 0 bridgehead atoms. The Bertz CT molecular complexity index is 435. The molecule has 1 N–H and O–H groups in total. The van der Waals surface area contributed by atoms with Gasteiger partial charge >= 0.3 is 0 Å². The SMILES string of the molecule is CCN(CC)[C@@H](C)CNC(=O)c1cc(Cl)ccc1I. The summed E-state index contributed by atoms with van der Waals surface area (Å²) in [4.78, 5) is 14.4. The van der Waals surface area contributed by atoms with Crippen LogP contribution >= 0.6 is 34.2 Å². The second kappa shape index (κ2) is 8.07. The zero-order valence-corrected chi connectivity index (χ0v) is 14.5. The van der Waals surface area contributed by atoms with Gasteiger partial charge in [0.25, 0.3) is 5.91 Å². The lowest BCUT2D eigenvalue weighted by molar-refractivity contribution is 0.0937. The Morgan fingerprint density at radius 2 is 2.05 bits per heavy atom. The van der Waals surface area contributed by atoms with Crippen molar-refractivity contribution in [3.63, 3.8) is 0 Å². The summed E-state index contributed by atoms with van der Waals surface area (Å²) in [6.07, 6.45) is 0. The third-order valence-electron chi connectivity index (χ3n) is 3.17. The lowest BCUT2D eigenvalue weighted by Crippen LogP contribution is -2.42. The number of amides is 1. The van der Waals surface area contributed by atoms with Crippen LogP contribution in [0.1, 0.15) is 31.1 Å². The first-order chi connectivity index (χ1) is 8.99. The molecule has 1 aromatic carbocycles. The second-order valence-electron chi connectivity index (χ2n) is 4.40. The molecule has 1 amide bonds. The summed E-state index contributed by atoms with van der Waals surface area (Å²) < 4.78 is 0.912. The highest BCUT2D eigenvalue weighted by Crippen LogP contribution is 2.17. The van der Waals surface area contributed by atoms with Gasteiger partial charge in [-0.1, -0.05) is 25.4 Å². The molecule has 106 valence electrons. The third-order valence-corrected chi connectivity index (χ3v) is 4.34. The highest BCUT2D eigenvalue weighted by atomic mass is 127. The van der Waals surface area contributed by atoms with Crippen molar-refractivity contribution in [1.82, 2.24) is 10.2 Å². The molecule has 0 aliphatic heterocycles.